The van der Waals surface area contributed by atoms with Crippen LogP contribution in [-0.2, 0) is 6.54 Å². The molecule has 1 aromatic carbocycles. The van der Waals surface area contributed by atoms with Crippen LogP contribution in [0.4, 0.5) is 0 Å². The highest BCUT2D eigenvalue weighted by Gasteiger charge is 2.18. The maximum atomic E-state index is 5.70. The Balaban J connectivity index is 1.79. The lowest BCUT2D eigenvalue weighted by molar-refractivity contribution is 0.116. The lowest BCUT2D eigenvalue weighted by Crippen LogP contribution is -2.47. The summed E-state index contributed by atoms with van der Waals surface area (Å²) < 4.78 is 0. The van der Waals surface area contributed by atoms with Crippen molar-refractivity contribution in [2.75, 3.05) is 39.3 Å². The third-order valence-corrected chi connectivity index (χ3v) is 4.09. The molecule has 1 aromatic rings. The molecule has 0 spiro atoms. The summed E-state index contributed by atoms with van der Waals surface area (Å²) in [5.41, 5.74) is 8.57. The van der Waals surface area contributed by atoms with E-state index in [0.717, 1.165) is 19.6 Å². The summed E-state index contributed by atoms with van der Waals surface area (Å²) >= 11 is 0. The van der Waals surface area contributed by atoms with Crippen LogP contribution in [0.3, 0.4) is 0 Å². The molecule has 0 bridgehead atoms. The Bertz CT molecular complexity index is 383. The number of nitrogens with zero attached hydrogens (tertiary/aromatic N) is 2. The van der Waals surface area contributed by atoms with Crippen LogP contribution in [-0.4, -0.2) is 49.1 Å². The Morgan fingerprint density at radius 2 is 1.74 bits per heavy atom. The minimum atomic E-state index is 0.614. The molecule has 19 heavy (non-hydrogen) atoms. The maximum Gasteiger partial charge on any atom is 0.0237 e. The van der Waals surface area contributed by atoms with Gasteiger partial charge in [0.1, 0.15) is 0 Å². The molecule has 0 radical (unpaired) electrons. The zero-order valence-electron chi connectivity index (χ0n) is 12.3. The number of piperazine rings is 1. The van der Waals surface area contributed by atoms with Crippen molar-refractivity contribution >= 4 is 0 Å². The van der Waals surface area contributed by atoms with E-state index in [1.165, 1.54) is 37.3 Å². The van der Waals surface area contributed by atoms with E-state index in [1.54, 1.807) is 0 Å². The largest absolute Gasteiger partial charge is 0.330 e. The summed E-state index contributed by atoms with van der Waals surface area (Å²) in [5.74, 6) is 0.614. The van der Waals surface area contributed by atoms with E-state index in [4.69, 9.17) is 5.73 Å². The highest BCUT2D eigenvalue weighted by Crippen LogP contribution is 2.13. The monoisotopic (exact) mass is 261 g/mol. The van der Waals surface area contributed by atoms with Crippen molar-refractivity contribution in [2.45, 2.75) is 20.4 Å². The van der Waals surface area contributed by atoms with Crippen LogP contribution in [0.15, 0.2) is 24.3 Å². The Labute approximate surface area is 117 Å². The van der Waals surface area contributed by atoms with Crippen LogP contribution in [0.2, 0.25) is 0 Å². The summed E-state index contributed by atoms with van der Waals surface area (Å²) in [6, 6.07) is 8.71. The summed E-state index contributed by atoms with van der Waals surface area (Å²) in [5, 5.41) is 0. The second-order valence-corrected chi connectivity index (χ2v) is 5.84. The van der Waals surface area contributed by atoms with Crippen molar-refractivity contribution in [3.63, 3.8) is 0 Å². The fourth-order valence-electron chi connectivity index (χ4n) is 2.67. The molecule has 1 aliphatic heterocycles. The van der Waals surface area contributed by atoms with Gasteiger partial charge in [-0.3, -0.25) is 4.90 Å². The Kier molecular flexibility index (Phi) is 5.37. The zero-order valence-corrected chi connectivity index (χ0v) is 12.3. The molecule has 0 amide bonds. The first-order valence-electron chi connectivity index (χ1n) is 7.38. The molecular weight excluding hydrogens is 234 g/mol. The summed E-state index contributed by atoms with van der Waals surface area (Å²) in [7, 11) is 0. The van der Waals surface area contributed by atoms with Gasteiger partial charge in [-0.25, -0.2) is 0 Å². The van der Waals surface area contributed by atoms with Crippen LogP contribution in [0.5, 0.6) is 0 Å². The quantitative estimate of drug-likeness (QED) is 0.876. The molecule has 2 rings (SSSR count). The number of nitrogens with two attached hydrogens (primary N) is 1. The molecule has 0 saturated carbocycles. The predicted molar refractivity (Wildman–Crippen MR) is 81.1 cm³/mol. The molecule has 1 saturated heterocycles. The number of benzene rings is 1. The molecule has 1 unspecified atom stereocenters. The van der Waals surface area contributed by atoms with Crippen molar-refractivity contribution in [1.82, 2.24) is 9.80 Å². The lowest BCUT2D eigenvalue weighted by Gasteiger charge is -2.36. The van der Waals surface area contributed by atoms with E-state index in [-0.39, 0.29) is 0 Å². The van der Waals surface area contributed by atoms with Crippen molar-refractivity contribution < 1.29 is 0 Å². The van der Waals surface area contributed by atoms with Gasteiger partial charge < -0.3 is 10.6 Å². The average Bonchev–Trinajstić information content (AvgIpc) is 2.43. The van der Waals surface area contributed by atoms with E-state index < -0.39 is 0 Å². The first kappa shape index (κ1) is 14.5. The topological polar surface area (TPSA) is 32.5 Å². The van der Waals surface area contributed by atoms with Crippen LogP contribution >= 0.6 is 0 Å². The van der Waals surface area contributed by atoms with Crippen LogP contribution < -0.4 is 5.73 Å². The van der Waals surface area contributed by atoms with Gasteiger partial charge in [-0.2, -0.15) is 0 Å². The standard InChI is InChI=1S/C16H27N3/c1-14(11-17)12-18-7-9-19(10-8-18)13-16-6-4-3-5-15(16)2/h3-6,14H,7-13,17H2,1-2H3. The molecule has 0 aromatic heterocycles. The lowest BCUT2D eigenvalue weighted by atomic mass is 10.1. The van der Waals surface area contributed by atoms with Crippen molar-refractivity contribution in [3.05, 3.63) is 35.4 Å². The molecule has 1 atom stereocenters. The van der Waals surface area contributed by atoms with Crippen LogP contribution in [0.25, 0.3) is 0 Å². The minimum Gasteiger partial charge on any atom is -0.330 e. The molecule has 1 heterocycles. The van der Waals surface area contributed by atoms with Gasteiger partial charge in [-0.15, -0.1) is 0 Å². The average molecular weight is 261 g/mol. The minimum absolute atomic E-state index is 0.614. The van der Waals surface area contributed by atoms with Crippen molar-refractivity contribution in [1.29, 1.82) is 0 Å². The molecule has 1 aliphatic rings. The SMILES string of the molecule is Cc1ccccc1CN1CCN(CC(C)CN)CC1. The van der Waals surface area contributed by atoms with E-state index in [1.807, 2.05) is 0 Å². The molecular formula is C16H27N3. The van der Waals surface area contributed by atoms with Gasteiger partial charge in [0.25, 0.3) is 0 Å². The predicted octanol–water partition coefficient (Wildman–Crippen LogP) is 1.71. The Hall–Kier alpha value is -0.900. The molecule has 1 fully saturated rings. The first-order chi connectivity index (χ1) is 9.19. The molecule has 3 heteroatoms. The van der Waals surface area contributed by atoms with Gasteiger partial charge in [0, 0.05) is 39.3 Å². The second-order valence-electron chi connectivity index (χ2n) is 5.84. The first-order valence-corrected chi connectivity index (χ1v) is 7.38. The summed E-state index contributed by atoms with van der Waals surface area (Å²) in [6.45, 7) is 12.2. The second kappa shape index (κ2) is 7.04. The molecule has 106 valence electrons. The molecule has 0 aliphatic carbocycles. The van der Waals surface area contributed by atoms with Gasteiger partial charge in [-0.05, 0) is 30.5 Å². The fraction of sp³-hybridized carbons (Fsp3) is 0.625. The van der Waals surface area contributed by atoms with Gasteiger partial charge in [0.05, 0.1) is 0 Å². The van der Waals surface area contributed by atoms with Crippen molar-refractivity contribution in [2.24, 2.45) is 11.7 Å². The molecule has 2 N–H and O–H groups in total. The van der Waals surface area contributed by atoms with E-state index in [0.29, 0.717) is 5.92 Å². The summed E-state index contributed by atoms with van der Waals surface area (Å²) in [6.07, 6.45) is 0. The van der Waals surface area contributed by atoms with Gasteiger partial charge >= 0.3 is 0 Å². The number of aryl methyl sites for hydroxylation is 1. The fourth-order valence-corrected chi connectivity index (χ4v) is 2.67. The summed E-state index contributed by atoms with van der Waals surface area (Å²) in [4.78, 5) is 5.11. The van der Waals surface area contributed by atoms with Crippen LogP contribution in [0.1, 0.15) is 18.1 Å². The highest BCUT2D eigenvalue weighted by molar-refractivity contribution is 5.25. The number of rotatable bonds is 5. The van der Waals surface area contributed by atoms with E-state index >= 15 is 0 Å². The van der Waals surface area contributed by atoms with Crippen LogP contribution in [0, 0.1) is 12.8 Å². The third-order valence-electron chi connectivity index (χ3n) is 4.09. The highest BCUT2D eigenvalue weighted by atomic mass is 15.3. The zero-order chi connectivity index (χ0) is 13.7. The molecule has 3 nitrogen and oxygen atoms in total. The maximum absolute atomic E-state index is 5.70. The number of hydrogen-bond donors (Lipinski definition) is 1. The van der Waals surface area contributed by atoms with Crippen molar-refractivity contribution in [3.8, 4) is 0 Å². The Morgan fingerprint density at radius 1 is 1.11 bits per heavy atom. The third kappa shape index (κ3) is 4.30. The normalized spacial score (nSPS) is 19.5. The Morgan fingerprint density at radius 3 is 2.37 bits per heavy atom. The van der Waals surface area contributed by atoms with Gasteiger partial charge in [0.15, 0.2) is 0 Å². The van der Waals surface area contributed by atoms with Gasteiger partial charge in [-0.1, -0.05) is 31.2 Å². The van der Waals surface area contributed by atoms with E-state index in [2.05, 4.69) is 47.9 Å². The van der Waals surface area contributed by atoms with E-state index in [9.17, 15) is 0 Å². The van der Waals surface area contributed by atoms with Gasteiger partial charge in [0.2, 0.25) is 0 Å². The number of hydrogen-bond acceptors (Lipinski definition) is 3. The smallest absolute Gasteiger partial charge is 0.0237 e.